The number of aliphatic carboxylic acids is 1. The minimum absolute atomic E-state index is 0.0755. The largest absolute Gasteiger partial charge is 0.481 e. The SMILES string of the molecule is CCCC(CC(=O)O)NC(=O)NCc1ccnc(C)n1. The molecule has 1 atom stereocenters. The predicted molar refractivity (Wildman–Crippen MR) is 73.1 cm³/mol. The van der Waals surface area contributed by atoms with Crippen LogP contribution in [0.25, 0.3) is 0 Å². The Morgan fingerprint density at radius 2 is 2.20 bits per heavy atom. The fraction of sp³-hybridized carbons (Fsp3) is 0.538. The number of aryl methyl sites for hydroxylation is 1. The number of rotatable bonds is 7. The van der Waals surface area contributed by atoms with Crippen LogP contribution in [-0.2, 0) is 11.3 Å². The zero-order valence-electron chi connectivity index (χ0n) is 11.7. The average molecular weight is 280 g/mol. The van der Waals surface area contributed by atoms with Crippen LogP contribution < -0.4 is 10.6 Å². The molecule has 1 aromatic heterocycles. The molecule has 20 heavy (non-hydrogen) atoms. The molecule has 0 aliphatic heterocycles. The molecular formula is C13H20N4O3. The molecule has 1 aromatic rings. The minimum atomic E-state index is -0.921. The molecule has 110 valence electrons. The van der Waals surface area contributed by atoms with Gasteiger partial charge in [0.25, 0.3) is 0 Å². The van der Waals surface area contributed by atoms with Gasteiger partial charge in [-0.3, -0.25) is 4.79 Å². The molecule has 1 unspecified atom stereocenters. The van der Waals surface area contributed by atoms with Gasteiger partial charge >= 0.3 is 12.0 Å². The van der Waals surface area contributed by atoms with Gasteiger partial charge in [0, 0.05) is 12.2 Å². The van der Waals surface area contributed by atoms with Crippen LogP contribution in [-0.4, -0.2) is 33.1 Å². The quantitative estimate of drug-likeness (QED) is 0.696. The van der Waals surface area contributed by atoms with Crippen molar-refractivity contribution in [2.24, 2.45) is 0 Å². The lowest BCUT2D eigenvalue weighted by molar-refractivity contribution is -0.137. The van der Waals surface area contributed by atoms with Gasteiger partial charge in [0.15, 0.2) is 0 Å². The van der Waals surface area contributed by atoms with Crippen LogP contribution in [0.4, 0.5) is 4.79 Å². The molecule has 1 heterocycles. The summed E-state index contributed by atoms with van der Waals surface area (Å²) >= 11 is 0. The first-order valence-corrected chi connectivity index (χ1v) is 6.56. The van der Waals surface area contributed by atoms with Crippen LogP contribution in [0.5, 0.6) is 0 Å². The topological polar surface area (TPSA) is 104 Å². The number of carboxylic acids is 1. The van der Waals surface area contributed by atoms with E-state index in [-0.39, 0.29) is 25.0 Å². The molecule has 0 radical (unpaired) electrons. The van der Waals surface area contributed by atoms with Crippen molar-refractivity contribution in [2.45, 2.75) is 45.7 Å². The van der Waals surface area contributed by atoms with E-state index >= 15 is 0 Å². The average Bonchev–Trinajstić information content (AvgIpc) is 2.36. The highest BCUT2D eigenvalue weighted by Gasteiger charge is 2.14. The highest BCUT2D eigenvalue weighted by molar-refractivity contribution is 5.75. The maximum absolute atomic E-state index is 11.7. The van der Waals surface area contributed by atoms with Crippen molar-refractivity contribution in [1.82, 2.24) is 20.6 Å². The minimum Gasteiger partial charge on any atom is -0.481 e. The zero-order valence-corrected chi connectivity index (χ0v) is 11.7. The van der Waals surface area contributed by atoms with Crippen LogP contribution in [0.15, 0.2) is 12.3 Å². The normalized spacial score (nSPS) is 11.7. The molecule has 1 rings (SSSR count). The molecule has 0 aliphatic rings. The summed E-state index contributed by atoms with van der Waals surface area (Å²) in [4.78, 5) is 30.5. The second-order valence-electron chi connectivity index (χ2n) is 4.51. The maximum Gasteiger partial charge on any atom is 0.315 e. The lowest BCUT2D eigenvalue weighted by Gasteiger charge is -2.16. The highest BCUT2D eigenvalue weighted by Crippen LogP contribution is 2.02. The Morgan fingerprint density at radius 3 is 2.80 bits per heavy atom. The Bertz CT molecular complexity index is 465. The van der Waals surface area contributed by atoms with Crippen molar-refractivity contribution in [3.05, 3.63) is 23.8 Å². The molecular weight excluding hydrogens is 260 g/mol. The Labute approximate surface area is 117 Å². The predicted octanol–water partition coefficient (Wildman–Crippen LogP) is 1.23. The molecule has 0 aliphatic carbocycles. The number of hydrogen-bond acceptors (Lipinski definition) is 4. The van der Waals surface area contributed by atoms with Crippen molar-refractivity contribution >= 4 is 12.0 Å². The molecule has 0 saturated carbocycles. The van der Waals surface area contributed by atoms with Crippen molar-refractivity contribution < 1.29 is 14.7 Å². The number of nitrogens with zero attached hydrogens (tertiary/aromatic N) is 2. The first-order valence-electron chi connectivity index (χ1n) is 6.56. The Hall–Kier alpha value is -2.18. The molecule has 0 fully saturated rings. The summed E-state index contributed by atoms with van der Waals surface area (Å²) in [6, 6.07) is 0.972. The molecule has 0 spiro atoms. The van der Waals surface area contributed by atoms with Crippen LogP contribution >= 0.6 is 0 Å². The first-order chi connectivity index (χ1) is 9.51. The Kier molecular flexibility index (Phi) is 6.42. The van der Waals surface area contributed by atoms with Crippen molar-refractivity contribution in [3.63, 3.8) is 0 Å². The standard InChI is InChI=1S/C13H20N4O3/c1-3-4-10(7-12(18)19)17-13(20)15-8-11-5-6-14-9(2)16-11/h5-6,10H,3-4,7-8H2,1-2H3,(H,18,19)(H2,15,17,20). The summed E-state index contributed by atoms with van der Waals surface area (Å²) in [6.45, 7) is 3.99. The van der Waals surface area contributed by atoms with Crippen LogP contribution in [0.2, 0.25) is 0 Å². The van der Waals surface area contributed by atoms with Gasteiger partial charge in [0.1, 0.15) is 5.82 Å². The van der Waals surface area contributed by atoms with Crippen LogP contribution in [0.1, 0.15) is 37.7 Å². The van der Waals surface area contributed by atoms with Gasteiger partial charge in [-0.1, -0.05) is 13.3 Å². The van der Waals surface area contributed by atoms with Crippen molar-refractivity contribution in [2.75, 3.05) is 0 Å². The van der Waals surface area contributed by atoms with E-state index in [2.05, 4.69) is 20.6 Å². The summed E-state index contributed by atoms with van der Waals surface area (Å²) in [7, 11) is 0. The highest BCUT2D eigenvalue weighted by atomic mass is 16.4. The monoisotopic (exact) mass is 280 g/mol. The second-order valence-corrected chi connectivity index (χ2v) is 4.51. The van der Waals surface area contributed by atoms with Gasteiger partial charge in [-0.15, -0.1) is 0 Å². The lowest BCUT2D eigenvalue weighted by Crippen LogP contribution is -2.42. The van der Waals surface area contributed by atoms with E-state index in [1.807, 2.05) is 6.92 Å². The third-order valence-corrected chi connectivity index (χ3v) is 2.66. The van der Waals surface area contributed by atoms with E-state index in [0.717, 1.165) is 6.42 Å². The van der Waals surface area contributed by atoms with Gasteiger partial charge in [0.05, 0.1) is 18.7 Å². The fourth-order valence-corrected chi connectivity index (χ4v) is 1.80. The number of carbonyl (C=O) groups excluding carboxylic acids is 1. The van der Waals surface area contributed by atoms with E-state index in [9.17, 15) is 9.59 Å². The summed E-state index contributed by atoms with van der Waals surface area (Å²) in [5.74, 6) is -0.283. The summed E-state index contributed by atoms with van der Waals surface area (Å²) in [5.41, 5.74) is 0.706. The molecule has 0 saturated heterocycles. The fourth-order valence-electron chi connectivity index (χ4n) is 1.80. The van der Waals surface area contributed by atoms with Crippen molar-refractivity contribution in [3.8, 4) is 0 Å². The van der Waals surface area contributed by atoms with E-state index in [4.69, 9.17) is 5.11 Å². The first kappa shape index (κ1) is 15.9. The summed E-state index contributed by atoms with van der Waals surface area (Å²) < 4.78 is 0. The van der Waals surface area contributed by atoms with Crippen molar-refractivity contribution in [1.29, 1.82) is 0 Å². The molecule has 7 heteroatoms. The Balaban J connectivity index is 2.43. The van der Waals surface area contributed by atoms with E-state index < -0.39 is 5.97 Å². The third kappa shape index (κ3) is 6.12. The van der Waals surface area contributed by atoms with E-state index in [0.29, 0.717) is 17.9 Å². The summed E-state index contributed by atoms with van der Waals surface area (Å²) in [5, 5.41) is 14.1. The molecule has 7 nitrogen and oxygen atoms in total. The smallest absolute Gasteiger partial charge is 0.315 e. The van der Waals surface area contributed by atoms with Gasteiger partial charge in [-0.2, -0.15) is 0 Å². The van der Waals surface area contributed by atoms with Crippen LogP contribution in [0.3, 0.4) is 0 Å². The number of carbonyl (C=O) groups is 2. The zero-order chi connectivity index (χ0) is 15.0. The maximum atomic E-state index is 11.7. The number of urea groups is 1. The molecule has 2 amide bonds. The number of aromatic nitrogens is 2. The van der Waals surface area contributed by atoms with E-state index in [1.165, 1.54) is 0 Å². The molecule has 0 bridgehead atoms. The van der Waals surface area contributed by atoms with E-state index in [1.54, 1.807) is 19.2 Å². The molecule has 3 N–H and O–H groups in total. The van der Waals surface area contributed by atoms with Gasteiger partial charge in [-0.25, -0.2) is 14.8 Å². The lowest BCUT2D eigenvalue weighted by atomic mass is 10.1. The van der Waals surface area contributed by atoms with Gasteiger partial charge in [-0.05, 0) is 19.4 Å². The third-order valence-electron chi connectivity index (χ3n) is 2.66. The number of hydrogen-bond donors (Lipinski definition) is 3. The Morgan fingerprint density at radius 1 is 1.45 bits per heavy atom. The van der Waals surface area contributed by atoms with Gasteiger partial charge < -0.3 is 15.7 Å². The second kappa shape index (κ2) is 8.08. The number of carboxylic acid groups (broad SMARTS) is 1. The van der Waals surface area contributed by atoms with Gasteiger partial charge in [0.2, 0.25) is 0 Å². The molecule has 0 aromatic carbocycles. The number of nitrogens with one attached hydrogen (secondary N) is 2. The number of amides is 2. The summed E-state index contributed by atoms with van der Waals surface area (Å²) in [6.07, 6.45) is 2.99. The van der Waals surface area contributed by atoms with Crippen LogP contribution in [0, 0.1) is 6.92 Å².